The van der Waals surface area contributed by atoms with E-state index in [2.05, 4.69) is 0 Å². The lowest BCUT2D eigenvalue weighted by Crippen LogP contribution is -2.47. The van der Waals surface area contributed by atoms with Crippen LogP contribution in [0, 0.1) is 11.3 Å². The van der Waals surface area contributed by atoms with E-state index in [1.54, 1.807) is 19.1 Å². The van der Waals surface area contributed by atoms with Gasteiger partial charge < -0.3 is 14.9 Å². The van der Waals surface area contributed by atoms with Crippen LogP contribution in [-0.4, -0.2) is 59.5 Å². The van der Waals surface area contributed by atoms with Gasteiger partial charge in [0.05, 0.1) is 10.6 Å². The summed E-state index contributed by atoms with van der Waals surface area (Å²) >= 11 is 6.13. The van der Waals surface area contributed by atoms with Crippen molar-refractivity contribution in [2.75, 3.05) is 32.8 Å². The third-order valence-electron chi connectivity index (χ3n) is 5.63. The molecular formula is C18H23ClN2O3. The zero-order chi connectivity index (χ0) is 17.3. The average molecular weight is 351 g/mol. The van der Waals surface area contributed by atoms with E-state index in [1.165, 1.54) is 0 Å². The highest BCUT2D eigenvalue weighted by Crippen LogP contribution is 2.44. The summed E-state index contributed by atoms with van der Waals surface area (Å²) in [4.78, 5) is 28.0. The van der Waals surface area contributed by atoms with E-state index in [-0.39, 0.29) is 29.8 Å². The SMILES string of the molecule is CC(=O)N1CC(CO)C2(CCN(C(=O)c3ccccc3Cl)CC2)C1. The van der Waals surface area contributed by atoms with Crippen molar-refractivity contribution in [3.63, 3.8) is 0 Å². The Kier molecular flexibility index (Phi) is 4.83. The van der Waals surface area contributed by atoms with Gasteiger partial charge in [-0.15, -0.1) is 0 Å². The van der Waals surface area contributed by atoms with Crippen molar-refractivity contribution >= 4 is 23.4 Å². The van der Waals surface area contributed by atoms with Crippen LogP contribution in [0.2, 0.25) is 5.02 Å². The molecule has 1 aromatic carbocycles. The smallest absolute Gasteiger partial charge is 0.255 e. The molecule has 24 heavy (non-hydrogen) atoms. The van der Waals surface area contributed by atoms with Gasteiger partial charge >= 0.3 is 0 Å². The highest BCUT2D eigenvalue weighted by molar-refractivity contribution is 6.33. The second kappa shape index (κ2) is 6.73. The number of nitrogens with zero attached hydrogens (tertiary/aromatic N) is 2. The van der Waals surface area contributed by atoms with Gasteiger partial charge in [-0.25, -0.2) is 0 Å². The maximum atomic E-state index is 12.7. The Labute approximate surface area is 147 Å². The predicted octanol–water partition coefficient (Wildman–Crippen LogP) is 2.03. The first kappa shape index (κ1) is 17.2. The molecule has 6 heteroatoms. The monoisotopic (exact) mass is 350 g/mol. The first-order chi connectivity index (χ1) is 11.5. The van der Waals surface area contributed by atoms with Crippen LogP contribution in [0.15, 0.2) is 24.3 Å². The number of halogens is 1. The highest BCUT2D eigenvalue weighted by atomic mass is 35.5. The second-order valence-electron chi connectivity index (χ2n) is 6.91. The Bertz CT molecular complexity index is 641. The number of aliphatic hydroxyl groups excluding tert-OH is 1. The average Bonchev–Trinajstić information content (AvgIpc) is 2.94. The van der Waals surface area contributed by atoms with Gasteiger partial charge in [0.25, 0.3) is 5.91 Å². The van der Waals surface area contributed by atoms with Crippen LogP contribution in [0.25, 0.3) is 0 Å². The van der Waals surface area contributed by atoms with Gasteiger partial charge in [0.2, 0.25) is 5.91 Å². The van der Waals surface area contributed by atoms with E-state index < -0.39 is 0 Å². The molecule has 0 aliphatic carbocycles. The third kappa shape index (κ3) is 3.03. The lowest BCUT2D eigenvalue weighted by atomic mass is 9.71. The highest BCUT2D eigenvalue weighted by Gasteiger charge is 2.48. The van der Waals surface area contributed by atoms with Gasteiger partial charge in [0.1, 0.15) is 0 Å². The summed E-state index contributed by atoms with van der Waals surface area (Å²) in [5.74, 6) is 0.108. The van der Waals surface area contributed by atoms with E-state index in [1.807, 2.05) is 21.9 Å². The number of rotatable bonds is 2. The molecule has 1 unspecified atom stereocenters. The number of benzene rings is 1. The summed E-state index contributed by atoms with van der Waals surface area (Å²) in [5, 5.41) is 10.2. The van der Waals surface area contributed by atoms with Crippen molar-refractivity contribution in [3.05, 3.63) is 34.9 Å². The lowest BCUT2D eigenvalue weighted by molar-refractivity contribution is -0.128. The number of hydrogen-bond acceptors (Lipinski definition) is 3. The minimum atomic E-state index is -0.0717. The predicted molar refractivity (Wildman–Crippen MR) is 91.9 cm³/mol. The van der Waals surface area contributed by atoms with Crippen molar-refractivity contribution in [2.45, 2.75) is 19.8 Å². The fourth-order valence-corrected chi connectivity index (χ4v) is 4.27. The topological polar surface area (TPSA) is 60.9 Å². The molecule has 2 aliphatic heterocycles. The van der Waals surface area contributed by atoms with E-state index >= 15 is 0 Å². The summed E-state index contributed by atoms with van der Waals surface area (Å²) < 4.78 is 0. The second-order valence-corrected chi connectivity index (χ2v) is 7.32. The first-order valence-electron chi connectivity index (χ1n) is 8.37. The molecule has 5 nitrogen and oxygen atoms in total. The first-order valence-corrected chi connectivity index (χ1v) is 8.75. The molecule has 1 spiro atoms. The molecule has 0 saturated carbocycles. The maximum absolute atomic E-state index is 12.7. The Morgan fingerprint density at radius 3 is 2.50 bits per heavy atom. The number of carbonyl (C=O) groups is 2. The number of piperidine rings is 1. The van der Waals surface area contributed by atoms with Gasteiger partial charge in [-0.3, -0.25) is 9.59 Å². The van der Waals surface area contributed by atoms with E-state index in [4.69, 9.17) is 11.6 Å². The van der Waals surface area contributed by atoms with Crippen LogP contribution in [0.4, 0.5) is 0 Å². The molecule has 130 valence electrons. The summed E-state index contributed by atoms with van der Waals surface area (Å²) in [6.45, 7) is 4.22. The van der Waals surface area contributed by atoms with E-state index in [9.17, 15) is 14.7 Å². The standard InChI is InChI=1S/C18H23ClN2O3/c1-13(23)21-10-14(11-22)18(12-21)6-8-20(9-7-18)17(24)15-4-2-3-5-16(15)19/h2-5,14,22H,6-12H2,1H3. The molecule has 1 aromatic rings. The van der Waals surface area contributed by atoms with Crippen LogP contribution in [0.5, 0.6) is 0 Å². The number of likely N-dealkylation sites (tertiary alicyclic amines) is 2. The van der Waals surface area contributed by atoms with Gasteiger partial charge in [-0.1, -0.05) is 23.7 Å². The fraction of sp³-hybridized carbons (Fsp3) is 0.556. The molecule has 3 rings (SSSR count). The number of amides is 2. The summed E-state index contributed by atoms with van der Waals surface area (Å²) in [6, 6.07) is 7.10. The van der Waals surface area contributed by atoms with Crippen molar-refractivity contribution in [2.24, 2.45) is 11.3 Å². The molecule has 0 radical (unpaired) electrons. The summed E-state index contributed by atoms with van der Waals surface area (Å²) in [5.41, 5.74) is 0.461. The Morgan fingerprint density at radius 1 is 1.25 bits per heavy atom. The summed E-state index contributed by atoms with van der Waals surface area (Å²) in [6.07, 6.45) is 1.61. The molecule has 2 aliphatic rings. The normalized spacial score (nSPS) is 22.9. The van der Waals surface area contributed by atoms with Gasteiger partial charge in [0.15, 0.2) is 0 Å². The number of aliphatic hydroxyl groups is 1. The molecule has 0 bridgehead atoms. The van der Waals surface area contributed by atoms with Crippen LogP contribution < -0.4 is 0 Å². The van der Waals surface area contributed by atoms with E-state index in [0.29, 0.717) is 36.8 Å². The quantitative estimate of drug-likeness (QED) is 0.887. The zero-order valence-electron chi connectivity index (χ0n) is 13.9. The molecule has 1 atom stereocenters. The minimum absolute atomic E-state index is 0.0441. The lowest BCUT2D eigenvalue weighted by Gasteiger charge is -2.42. The minimum Gasteiger partial charge on any atom is -0.396 e. The Balaban J connectivity index is 1.70. The van der Waals surface area contributed by atoms with Crippen LogP contribution in [-0.2, 0) is 4.79 Å². The van der Waals surface area contributed by atoms with Crippen LogP contribution in [0.1, 0.15) is 30.1 Å². The van der Waals surface area contributed by atoms with Crippen LogP contribution >= 0.6 is 11.6 Å². The summed E-state index contributed by atoms with van der Waals surface area (Å²) in [7, 11) is 0. The fourth-order valence-electron chi connectivity index (χ4n) is 4.05. The largest absolute Gasteiger partial charge is 0.396 e. The number of hydrogen-bond donors (Lipinski definition) is 1. The van der Waals surface area contributed by atoms with E-state index in [0.717, 1.165) is 12.8 Å². The third-order valence-corrected chi connectivity index (χ3v) is 5.96. The molecule has 1 N–H and O–H groups in total. The van der Waals surface area contributed by atoms with Gasteiger partial charge in [-0.2, -0.15) is 0 Å². The van der Waals surface area contributed by atoms with Crippen molar-refractivity contribution in [1.82, 2.24) is 9.80 Å². The van der Waals surface area contributed by atoms with Crippen LogP contribution in [0.3, 0.4) is 0 Å². The molecule has 2 fully saturated rings. The van der Waals surface area contributed by atoms with Crippen molar-refractivity contribution in [1.29, 1.82) is 0 Å². The van der Waals surface area contributed by atoms with Gasteiger partial charge in [-0.05, 0) is 30.4 Å². The molecule has 2 saturated heterocycles. The van der Waals surface area contributed by atoms with Crippen molar-refractivity contribution < 1.29 is 14.7 Å². The maximum Gasteiger partial charge on any atom is 0.255 e. The zero-order valence-corrected chi connectivity index (χ0v) is 14.6. The van der Waals surface area contributed by atoms with Gasteiger partial charge in [0, 0.05) is 45.6 Å². The molecule has 0 aromatic heterocycles. The van der Waals surface area contributed by atoms with Crippen molar-refractivity contribution in [3.8, 4) is 0 Å². The molecule has 2 amide bonds. The molecule has 2 heterocycles. The molecular weight excluding hydrogens is 328 g/mol. The number of carbonyl (C=O) groups excluding carboxylic acids is 2. The Morgan fingerprint density at radius 2 is 1.92 bits per heavy atom. The Hall–Kier alpha value is -1.59.